The van der Waals surface area contributed by atoms with E-state index in [0.717, 1.165) is 5.56 Å². The topological polar surface area (TPSA) is 65.5 Å². The lowest BCUT2D eigenvalue weighted by atomic mass is 10.1. The summed E-state index contributed by atoms with van der Waals surface area (Å²) in [7, 11) is 0. The van der Waals surface area contributed by atoms with Gasteiger partial charge in [-0.25, -0.2) is 4.79 Å². The van der Waals surface area contributed by atoms with E-state index in [1.54, 1.807) is 66.3 Å². The second-order valence-electron chi connectivity index (χ2n) is 5.25. The number of hydrogen-bond donors (Lipinski definition) is 0. The third-order valence-electron chi connectivity index (χ3n) is 3.58. The van der Waals surface area contributed by atoms with Gasteiger partial charge >= 0.3 is 5.97 Å². The summed E-state index contributed by atoms with van der Waals surface area (Å²) in [6.07, 6.45) is 4.93. The fourth-order valence-corrected chi connectivity index (χ4v) is 2.99. The molecule has 0 spiro atoms. The number of thiophene rings is 1. The molecule has 122 valence electrons. The molecule has 5 nitrogen and oxygen atoms in total. The van der Waals surface area contributed by atoms with Crippen LogP contribution in [0.2, 0.25) is 0 Å². The first-order valence-corrected chi connectivity index (χ1v) is 8.33. The second-order valence-corrected chi connectivity index (χ2v) is 6.19. The number of pyridine rings is 1. The third-order valence-corrected chi connectivity index (χ3v) is 4.43. The Bertz CT molecular complexity index is 978. The van der Waals surface area contributed by atoms with Gasteiger partial charge in [-0.15, -0.1) is 11.3 Å². The van der Waals surface area contributed by atoms with Gasteiger partial charge in [0.25, 0.3) is 0 Å². The predicted octanol–water partition coefficient (Wildman–Crippen LogP) is 3.98. The van der Waals surface area contributed by atoms with E-state index in [1.165, 1.54) is 11.3 Å². The van der Waals surface area contributed by atoms with Gasteiger partial charge < -0.3 is 9.47 Å². The van der Waals surface area contributed by atoms with Crippen molar-refractivity contribution in [1.82, 2.24) is 4.98 Å². The van der Waals surface area contributed by atoms with Gasteiger partial charge in [-0.2, -0.15) is 0 Å². The average Bonchev–Trinajstić information content (AvgIpc) is 3.25. The maximum absolute atomic E-state index is 12.4. The lowest BCUT2D eigenvalue weighted by Gasteiger charge is -2.04. The Hall–Kier alpha value is -3.25. The van der Waals surface area contributed by atoms with Crippen molar-refractivity contribution in [2.75, 3.05) is 0 Å². The Morgan fingerprint density at radius 2 is 2.00 bits per heavy atom. The number of Topliss-reactive ketones (excluding diaryl/α,β-unsaturated/α-hetero) is 1. The first-order valence-electron chi connectivity index (χ1n) is 7.45. The number of ether oxygens (including phenoxy) is 2. The number of fused-ring (bicyclic) bond motifs is 1. The Morgan fingerprint density at radius 1 is 1.16 bits per heavy atom. The molecule has 0 bridgehead atoms. The summed E-state index contributed by atoms with van der Waals surface area (Å²) in [4.78, 5) is 28.9. The largest absolute Gasteiger partial charge is 0.452 e. The number of esters is 1. The highest BCUT2D eigenvalue weighted by molar-refractivity contribution is 7.12. The van der Waals surface area contributed by atoms with E-state index in [-0.39, 0.29) is 11.5 Å². The second kappa shape index (κ2) is 6.33. The van der Waals surface area contributed by atoms with E-state index >= 15 is 0 Å². The molecule has 3 aromatic rings. The van der Waals surface area contributed by atoms with E-state index in [9.17, 15) is 9.59 Å². The van der Waals surface area contributed by atoms with E-state index in [0.29, 0.717) is 21.9 Å². The van der Waals surface area contributed by atoms with Crippen LogP contribution in [0.15, 0.2) is 66.0 Å². The van der Waals surface area contributed by atoms with Crippen LogP contribution in [0.5, 0.6) is 11.5 Å². The summed E-state index contributed by atoms with van der Waals surface area (Å²) in [6.45, 7) is 0. The van der Waals surface area contributed by atoms with Crippen LogP contribution in [0, 0.1) is 0 Å². The summed E-state index contributed by atoms with van der Waals surface area (Å²) in [5, 5.41) is 1.80. The highest BCUT2D eigenvalue weighted by Crippen LogP contribution is 2.35. The van der Waals surface area contributed by atoms with Gasteiger partial charge in [-0.05, 0) is 47.4 Å². The van der Waals surface area contributed by atoms with Crippen molar-refractivity contribution in [2.45, 2.75) is 0 Å². The number of carbonyl (C=O) groups excluding carboxylic acids is 2. The number of hydrogen-bond acceptors (Lipinski definition) is 6. The molecule has 0 N–H and O–H groups in total. The molecule has 4 rings (SSSR count). The number of carbonyl (C=O) groups is 2. The van der Waals surface area contributed by atoms with Gasteiger partial charge in [-0.1, -0.05) is 6.07 Å². The molecule has 6 heteroatoms. The van der Waals surface area contributed by atoms with E-state index in [1.807, 2.05) is 0 Å². The molecule has 2 aromatic heterocycles. The van der Waals surface area contributed by atoms with Gasteiger partial charge in [0.15, 0.2) is 5.76 Å². The lowest BCUT2D eigenvalue weighted by molar-refractivity contribution is 0.0739. The van der Waals surface area contributed by atoms with Gasteiger partial charge in [0.2, 0.25) is 5.78 Å². The molecular formula is C19H11NO4S. The van der Waals surface area contributed by atoms with Crippen LogP contribution >= 0.6 is 11.3 Å². The minimum absolute atomic E-state index is 0.206. The summed E-state index contributed by atoms with van der Waals surface area (Å²) < 4.78 is 11.0. The molecule has 0 saturated heterocycles. The molecular weight excluding hydrogens is 338 g/mol. The minimum atomic E-state index is -0.438. The Kier molecular flexibility index (Phi) is 3.87. The highest BCUT2D eigenvalue weighted by atomic mass is 32.1. The van der Waals surface area contributed by atoms with Gasteiger partial charge in [0, 0.05) is 18.5 Å². The summed E-state index contributed by atoms with van der Waals surface area (Å²) in [5.74, 6) is 0.287. The standard InChI is InChI=1S/C19H11NO4S/c21-18-14-4-3-13(23-19(22)17-2-1-9-25-17)11-15(14)24-16(18)10-12-5-7-20-8-6-12/h1-11H. The van der Waals surface area contributed by atoms with E-state index < -0.39 is 5.97 Å². The molecule has 1 aromatic carbocycles. The summed E-state index contributed by atoms with van der Waals surface area (Å²) in [5.41, 5.74) is 1.26. The zero-order chi connectivity index (χ0) is 17.2. The van der Waals surface area contributed by atoms with Crippen LogP contribution in [0.4, 0.5) is 0 Å². The monoisotopic (exact) mass is 349 g/mol. The van der Waals surface area contributed by atoms with Crippen molar-refractivity contribution in [2.24, 2.45) is 0 Å². The fourth-order valence-electron chi connectivity index (χ4n) is 2.39. The van der Waals surface area contributed by atoms with Gasteiger partial charge in [0.05, 0.1) is 5.56 Å². The van der Waals surface area contributed by atoms with Gasteiger partial charge in [-0.3, -0.25) is 9.78 Å². The number of ketones is 1. The molecule has 1 aliphatic heterocycles. The number of rotatable bonds is 3. The van der Waals surface area contributed by atoms with Crippen LogP contribution < -0.4 is 9.47 Å². The van der Waals surface area contributed by atoms with Crippen LogP contribution in [-0.2, 0) is 0 Å². The number of aromatic nitrogens is 1. The quantitative estimate of drug-likeness (QED) is 0.406. The maximum atomic E-state index is 12.4. The van der Waals surface area contributed by atoms with Crippen molar-refractivity contribution in [1.29, 1.82) is 0 Å². The Morgan fingerprint density at radius 3 is 2.76 bits per heavy atom. The molecule has 0 saturated carbocycles. The molecule has 0 unspecified atom stereocenters. The molecule has 25 heavy (non-hydrogen) atoms. The molecule has 0 atom stereocenters. The van der Waals surface area contributed by atoms with Crippen molar-refractivity contribution < 1.29 is 19.1 Å². The highest BCUT2D eigenvalue weighted by Gasteiger charge is 2.28. The SMILES string of the molecule is O=C(Oc1ccc2c(c1)OC(=Cc1ccncc1)C2=O)c1cccs1. The smallest absolute Gasteiger partial charge is 0.353 e. The lowest BCUT2D eigenvalue weighted by Crippen LogP contribution is -2.06. The van der Waals surface area contributed by atoms with Crippen LogP contribution in [0.3, 0.4) is 0 Å². The summed E-state index contributed by atoms with van der Waals surface area (Å²) in [6, 6.07) is 11.8. The Balaban J connectivity index is 1.57. The summed E-state index contributed by atoms with van der Waals surface area (Å²) >= 11 is 1.30. The Labute approximate surface area is 147 Å². The predicted molar refractivity (Wildman–Crippen MR) is 92.9 cm³/mol. The fraction of sp³-hybridized carbons (Fsp3) is 0. The van der Waals surface area contributed by atoms with Gasteiger partial charge in [0.1, 0.15) is 16.4 Å². The first kappa shape index (κ1) is 15.3. The van der Waals surface area contributed by atoms with Crippen molar-refractivity contribution in [3.8, 4) is 11.5 Å². The minimum Gasteiger partial charge on any atom is -0.452 e. The van der Waals surface area contributed by atoms with Crippen molar-refractivity contribution in [3.63, 3.8) is 0 Å². The number of benzene rings is 1. The van der Waals surface area contributed by atoms with E-state index in [4.69, 9.17) is 9.47 Å². The third kappa shape index (κ3) is 3.07. The zero-order valence-corrected chi connectivity index (χ0v) is 13.7. The first-order chi connectivity index (χ1) is 12.2. The zero-order valence-electron chi connectivity index (χ0n) is 12.8. The van der Waals surface area contributed by atoms with Crippen molar-refractivity contribution in [3.05, 3.63) is 82.0 Å². The maximum Gasteiger partial charge on any atom is 0.353 e. The van der Waals surface area contributed by atoms with Crippen LogP contribution in [0.25, 0.3) is 6.08 Å². The molecule has 3 heterocycles. The number of nitrogens with zero attached hydrogens (tertiary/aromatic N) is 1. The molecule has 0 aliphatic carbocycles. The normalized spacial score (nSPS) is 14.2. The molecule has 0 amide bonds. The molecule has 0 radical (unpaired) electrons. The van der Waals surface area contributed by atoms with Crippen molar-refractivity contribution >= 4 is 29.2 Å². The van der Waals surface area contributed by atoms with Crippen LogP contribution in [-0.4, -0.2) is 16.7 Å². The average molecular weight is 349 g/mol. The molecule has 1 aliphatic rings. The van der Waals surface area contributed by atoms with Crippen LogP contribution in [0.1, 0.15) is 25.6 Å². The number of allylic oxidation sites excluding steroid dienone is 1. The molecule has 0 fully saturated rings. The van der Waals surface area contributed by atoms with E-state index in [2.05, 4.69) is 4.98 Å².